The third-order valence-electron chi connectivity index (χ3n) is 6.43. The molecular weight excluding hydrogens is 388 g/mol. The molecule has 2 aliphatic rings. The van der Waals surface area contributed by atoms with Gasteiger partial charge in [0.15, 0.2) is 9.84 Å². The van der Waals surface area contributed by atoms with E-state index in [4.69, 9.17) is 0 Å². The smallest absolute Gasteiger partial charge is 0.224 e. The van der Waals surface area contributed by atoms with E-state index in [1.807, 2.05) is 0 Å². The lowest BCUT2D eigenvalue weighted by Crippen LogP contribution is -2.55. The number of carbonyl (C=O) groups excluding carboxylic acids is 2. The van der Waals surface area contributed by atoms with Crippen LogP contribution in [0.5, 0.6) is 0 Å². The van der Waals surface area contributed by atoms with Gasteiger partial charge in [0.25, 0.3) is 0 Å². The van der Waals surface area contributed by atoms with E-state index in [9.17, 15) is 18.0 Å². The second-order valence-corrected chi connectivity index (χ2v) is 11.2. The Hall–Kier alpha value is -1.89. The van der Waals surface area contributed by atoms with Crippen LogP contribution in [0.15, 0.2) is 29.2 Å². The summed E-state index contributed by atoms with van der Waals surface area (Å²) in [5, 5.41) is 5.75. The Kier molecular flexibility index (Phi) is 6.66. The number of hydrogen-bond donors (Lipinski definition) is 2. The average Bonchev–Trinajstić information content (AvgIpc) is 2.67. The van der Waals surface area contributed by atoms with Crippen molar-refractivity contribution >= 4 is 21.7 Å². The van der Waals surface area contributed by atoms with Crippen LogP contribution in [0.1, 0.15) is 58.4 Å². The Bertz CT molecular complexity index is 848. The van der Waals surface area contributed by atoms with E-state index in [-0.39, 0.29) is 35.2 Å². The Morgan fingerprint density at radius 1 is 1.21 bits per heavy atom. The summed E-state index contributed by atoms with van der Waals surface area (Å²) in [5.41, 5.74) is 0.788. The number of nitrogens with one attached hydrogen (secondary N) is 2. The van der Waals surface area contributed by atoms with Crippen LogP contribution in [0.2, 0.25) is 0 Å². The fraction of sp³-hybridized carbons (Fsp3) is 0.636. The number of sulfone groups is 1. The van der Waals surface area contributed by atoms with E-state index in [1.165, 1.54) is 0 Å². The zero-order valence-corrected chi connectivity index (χ0v) is 18.3. The quantitative estimate of drug-likeness (QED) is 0.740. The molecule has 1 aromatic carbocycles. The van der Waals surface area contributed by atoms with Crippen molar-refractivity contribution in [3.05, 3.63) is 29.8 Å². The van der Waals surface area contributed by atoms with E-state index < -0.39 is 15.1 Å². The van der Waals surface area contributed by atoms with Crippen molar-refractivity contribution in [2.45, 2.75) is 81.5 Å². The number of piperidine rings is 1. The predicted octanol–water partition coefficient (Wildman–Crippen LogP) is 2.61. The number of rotatable bonds is 6. The molecule has 0 bridgehead atoms. The lowest BCUT2D eigenvalue weighted by molar-refractivity contribution is -0.127. The second kappa shape index (κ2) is 8.86. The molecule has 2 amide bonds. The van der Waals surface area contributed by atoms with Gasteiger partial charge in [0.05, 0.1) is 16.6 Å². The molecule has 1 aliphatic heterocycles. The van der Waals surface area contributed by atoms with Gasteiger partial charge < -0.3 is 10.6 Å². The summed E-state index contributed by atoms with van der Waals surface area (Å²) < 4.78 is 24.4. The van der Waals surface area contributed by atoms with Crippen LogP contribution in [-0.2, 0) is 25.8 Å². The van der Waals surface area contributed by atoms with Crippen molar-refractivity contribution in [1.29, 1.82) is 0 Å². The minimum Gasteiger partial charge on any atom is -0.353 e. The third-order valence-corrected chi connectivity index (χ3v) is 8.60. The molecule has 3 rings (SSSR count). The maximum atomic E-state index is 12.5. The molecule has 29 heavy (non-hydrogen) atoms. The van der Waals surface area contributed by atoms with E-state index in [0.717, 1.165) is 31.2 Å². The van der Waals surface area contributed by atoms with E-state index >= 15 is 0 Å². The van der Waals surface area contributed by atoms with Crippen molar-refractivity contribution in [2.75, 3.05) is 0 Å². The molecule has 1 saturated carbocycles. The number of benzene rings is 1. The van der Waals surface area contributed by atoms with Crippen molar-refractivity contribution < 1.29 is 18.0 Å². The summed E-state index contributed by atoms with van der Waals surface area (Å²) >= 11 is 0. The second-order valence-electron chi connectivity index (χ2n) is 8.70. The number of fused-ring (bicyclic) bond motifs is 1. The fourth-order valence-electron chi connectivity index (χ4n) is 4.69. The monoisotopic (exact) mass is 420 g/mol. The first kappa shape index (κ1) is 21.8. The molecule has 4 atom stereocenters. The molecule has 4 unspecified atom stereocenters. The minimum absolute atomic E-state index is 0.0675. The summed E-state index contributed by atoms with van der Waals surface area (Å²) in [7, 11) is -3.30. The van der Waals surface area contributed by atoms with E-state index in [0.29, 0.717) is 18.3 Å². The molecule has 0 spiro atoms. The van der Waals surface area contributed by atoms with Gasteiger partial charge in [-0.1, -0.05) is 25.5 Å². The molecular formula is C22H32N2O4S. The van der Waals surface area contributed by atoms with Gasteiger partial charge in [-0.25, -0.2) is 8.42 Å². The Morgan fingerprint density at radius 2 is 1.90 bits per heavy atom. The third kappa shape index (κ3) is 5.00. The highest BCUT2D eigenvalue weighted by atomic mass is 32.2. The lowest BCUT2D eigenvalue weighted by Gasteiger charge is -2.44. The number of hydrogen-bond acceptors (Lipinski definition) is 4. The summed E-state index contributed by atoms with van der Waals surface area (Å²) in [6, 6.07) is 6.79. The van der Waals surface area contributed by atoms with Crippen LogP contribution < -0.4 is 10.6 Å². The van der Waals surface area contributed by atoms with Crippen LogP contribution in [0.25, 0.3) is 0 Å². The predicted molar refractivity (Wildman–Crippen MR) is 112 cm³/mol. The molecule has 0 aromatic heterocycles. The summed E-state index contributed by atoms with van der Waals surface area (Å²) in [5.74, 6) is 1.02. The highest BCUT2D eigenvalue weighted by Gasteiger charge is 2.40. The standard InChI is InChI=1S/C22H32N2O4S/c1-4-16-12-22(26)24-20-13-17(7-10-19(16)20)23-21(25)11-15-5-8-18(9-6-15)29(27,28)14(2)3/h5-6,8-9,14,16-17,19-20H,4,7,10-13H2,1-3H3,(H,23,25)(H,24,26). The largest absolute Gasteiger partial charge is 0.353 e. The Morgan fingerprint density at radius 3 is 2.52 bits per heavy atom. The first-order valence-corrected chi connectivity index (χ1v) is 12.2. The van der Waals surface area contributed by atoms with Crippen LogP contribution >= 0.6 is 0 Å². The molecule has 1 saturated heterocycles. The molecule has 1 aromatic rings. The Balaban J connectivity index is 1.55. The van der Waals surface area contributed by atoms with Crippen LogP contribution in [0.3, 0.4) is 0 Å². The van der Waals surface area contributed by atoms with E-state index in [2.05, 4.69) is 17.6 Å². The Labute approximate surface area is 173 Å². The summed E-state index contributed by atoms with van der Waals surface area (Å²) in [4.78, 5) is 24.7. The lowest BCUT2D eigenvalue weighted by atomic mass is 9.70. The first-order valence-electron chi connectivity index (χ1n) is 10.6. The average molecular weight is 421 g/mol. The molecule has 0 radical (unpaired) electrons. The number of carbonyl (C=O) groups is 2. The highest BCUT2D eigenvalue weighted by Crippen LogP contribution is 2.36. The molecule has 1 heterocycles. The zero-order chi connectivity index (χ0) is 21.2. The van der Waals surface area contributed by atoms with Gasteiger partial charge in [0.2, 0.25) is 11.8 Å². The van der Waals surface area contributed by atoms with E-state index in [1.54, 1.807) is 38.1 Å². The van der Waals surface area contributed by atoms with Crippen LogP contribution in [0, 0.1) is 11.8 Å². The number of amides is 2. The topological polar surface area (TPSA) is 92.3 Å². The molecule has 6 nitrogen and oxygen atoms in total. The SMILES string of the molecule is CCC1CC(=O)NC2CC(NC(=O)Cc3ccc(S(=O)(=O)C(C)C)cc3)CCC12. The summed E-state index contributed by atoms with van der Waals surface area (Å²) in [6.45, 7) is 5.46. The maximum absolute atomic E-state index is 12.5. The van der Waals surface area contributed by atoms with Gasteiger partial charge in [-0.05, 0) is 62.6 Å². The van der Waals surface area contributed by atoms with Crippen LogP contribution in [-0.4, -0.2) is 37.6 Å². The van der Waals surface area contributed by atoms with Crippen molar-refractivity contribution in [3.8, 4) is 0 Å². The molecule has 1 aliphatic carbocycles. The van der Waals surface area contributed by atoms with Crippen molar-refractivity contribution in [3.63, 3.8) is 0 Å². The van der Waals surface area contributed by atoms with Gasteiger partial charge in [-0.2, -0.15) is 0 Å². The maximum Gasteiger partial charge on any atom is 0.224 e. The van der Waals surface area contributed by atoms with Crippen molar-refractivity contribution in [2.24, 2.45) is 11.8 Å². The highest BCUT2D eigenvalue weighted by molar-refractivity contribution is 7.92. The normalized spacial score (nSPS) is 27.2. The van der Waals surface area contributed by atoms with Gasteiger partial charge in [0, 0.05) is 18.5 Å². The first-order chi connectivity index (χ1) is 13.7. The molecule has 2 fully saturated rings. The van der Waals surface area contributed by atoms with Crippen LogP contribution in [0.4, 0.5) is 0 Å². The van der Waals surface area contributed by atoms with Gasteiger partial charge in [0.1, 0.15) is 0 Å². The van der Waals surface area contributed by atoms with Gasteiger partial charge in [-0.3, -0.25) is 9.59 Å². The molecule has 7 heteroatoms. The van der Waals surface area contributed by atoms with Crippen molar-refractivity contribution in [1.82, 2.24) is 10.6 Å². The molecule has 2 N–H and O–H groups in total. The van der Waals surface area contributed by atoms with Gasteiger partial charge in [-0.15, -0.1) is 0 Å². The fourth-order valence-corrected chi connectivity index (χ4v) is 5.75. The molecule has 160 valence electrons. The minimum atomic E-state index is -3.30. The summed E-state index contributed by atoms with van der Waals surface area (Å²) in [6.07, 6.45) is 4.60. The van der Waals surface area contributed by atoms with Gasteiger partial charge >= 0.3 is 0 Å². The zero-order valence-electron chi connectivity index (χ0n) is 17.5.